The molecule has 0 saturated carbocycles. The largest absolute Gasteiger partial charge is 0.326 e. The first kappa shape index (κ1) is 19.3. The number of aryl methyl sites for hydroxylation is 1. The third-order valence-corrected chi connectivity index (χ3v) is 6.20. The van der Waals surface area contributed by atoms with Crippen molar-refractivity contribution in [2.24, 2.45) is 0 Å². The number of hydrogen-bond acceptors (Lipinski definition) is 5. The van der Waals surface area contributed by atoms with E-state index in [9.17, 15) is 13.2 Å². The Labute approximate surface area is 166 Å². The summed E-state index contributed by atoms with van der Waals surface area (Å²) in [7, 11) is -3.76. The molecule has 0 bridgehead atoms. The van der Waals surface area contributed by atoms with Gasteiger partial charge in [-0.15, -0.1) is 11.3 Å². The average molecular weight is 422 g/mol. The molecule has 0 radical (unpaired) electrons. The highest BCUT2D eigenvalue weighted by atomic mass is 35.5. The molecule has 0 spiro atoms. The monoisotopic (exact) mass is 421 g/mol. The fourth-order valence-corrected chi connectivity index (χ4v) is 4.38. The summed E-state index contributed by atoms with van der Waals surface area (Å²) >= 11 is 6.90. The number of rotatable bonds is 6. The number of nitrogens with one attached hydrogen (secondary N) is 2. The van der Waals surface area contributed by atoms with E-state index in [0.29, 0.717) is 10.7 Å². The molecule has 140 valence electrons. The minimum atomic E-state index is -3.76. The number of carbonyl (C=O) groups excluding carboxylic acids is 1. The highest BCUT2D eigenvalue weighted by molar-refractivity contribution is 7.93. The second kappa shape index (κ2) is 8.08. The Kier molecular flexibility index (Phi) is 5.79. The third-order valence-electron chi connectivity index (χ3n) is 3.66. The van der Waals surface area contributed by atoms with E-state index >= 15 is 0 Å². The van der Waals surface area contributed by atoms with Crippen LogP contribution in [0.5, 0.6) is 0 Å². The first-order chi connectivity index (χ1) is 12.8. The van der Waals surface area contributed by atoms with Crippen LogP contribution < -0.4 is 10.0 Å². The van der Waals surface area contributed by atoms with Crippen molar-refractivity contribution in [3.8, 4) is 0 Å². The highest BCUT2D eigenvalue weighted by Crippen LogP contribution is 2.22. The molecule has 27 heavy (non-hydrogen) atoms. The molecule has 0 aliphatic carbocycles. The Hall–Kier alpha value is -2.42. The SMILES string of the molecule is Cc1ccccc1NC(=O)Cc1csc(NS(=O)(=O)c2ccc(Cl)cc2)n1. The molecule has 3 rings (SSSR count). The molecule has 0 aliphatic rings. The third kappa shape index (κ3) is 5.06. The lowest BCUT2D eigenvalue weighted by Crippen LogP contribution is -2.16. The van der Waals surface area contributed by atoms with Crippen molar-refractivity contribution in [3.05, 3.63) is 70.2 Å². The molecule has 2 aromatic carbocycles. The number of sulfonamides is 1. The Bertz CT molecular complexity index is 1060. The van der Waals surface area contributed by atoms with Crippen LogP contribution in [0.4, 0.5) is 10.8 Å². The number of benzene rings is 2. The lowest BCUT2D eigenvalue weighted by molar-refractivity contribution is -0.115. The van der Waals surface area contributed by atoms with Gasteiger partial charge in [-0.25, -0.2) is 13.4 Å². The highest BCUT2D eigenvalue weighted by Gasteiger charge is 2.17. The molecule has 0 saturated heterocycles. The van der Waals surface area contributed by atoms with E-state index < -0.39 is 10.0 Å². The van der Waals surface area contributed by atoms with E-state index in [0.717, 1.165) is 22.6 Å². The van der Waals surface area contributed by atoms with Crippen molar-refractivity contribution >= 4 is 49.7 Å². The summed E-state index contributed by atoms with van der Waals surface area (Å²) in [5.41, 5.74) is 2.18. The van der Waals surface area contributed by atoms with Crippen LogP contribution in [0.15, 0.2) is 58.8 Å². The first-order valence-corrected chi connectivity index (χ1v) is 10.7. The summed E-state index contributed by atoms with van der Waals surface area (Å²) < 4.78 is 27.1. The van der Waals surface area contributed by atoms with Crippen molar-refractivity contribution in [1.29, 1.82) is 0 Å². The van der Waals surface area contributed by atoms with E-state index in [-0.39, 0.29) is 22.4 Å². The Morgan fingerprint density at radius 1 is 1.15 bits per heavy atom. The number of halogens is 1. The van der Waals surface area contributed by atoms with Gasteiger partial charge in [0.2, 0.25) is 5.91 Å². The van der Waals surface area contributed by atoms with Crippen molar-refractivity contribution in [1.82, 2.24) is 4.98 Å². The van der Waals surface area contributed by atoms with Gasteiger partial charge < -0.3 is 5.32 Å². The van der Waals surface area contributed by atoms with E-state index in [4.69, 9.17) is 11.6 Å². The lowest BCUT2D eigenvalue weighted by Gasteiger charge is -2.07. The lowest BCUT2D eigenvalue weighted by atomic mass is 10.2. The summed E-state index contributed by atoms with van der Waals surface area (Å²) in [6.07, 6.45) is 0.0491. The quantitative estimate of drug-likeness (QED) is 0.627. The van der Waals surface area contributed by atoms with Gasteiger partial charge in [-0.3, -0.25) is 9.52 Å². The van der Waals surface area contributed by atoms with Crippen molar-refractivity contribution in [3.63, 3.8) is 0 Å². The van der Waals surface area contributed by atoms with Gasteiger partial charge in [-0.2, -0.15) is 0 Å². The van der Waals surface area contributed by atoms with Crippen LogP contribution in [-0.2, 0) is 21.2 Å². The molecule has 0 fully saturated rings. The second-order valence-electron chi connectivity index (χ2n) is 5.74. The molecular weight excluding hydrogens is 406 g/mol. The molecule has 3 aromatic rings. The van der Waals surface area contributed by atoms with Gasteiger partial charge in [-0.1, -0.05) is 29.8 Å². The number of anilines is 2. The maximum absolute atomic E-state index is 12.4. The topological polar surface area (TPSA) is 88.2 Å². The molecule has 0 unspecified atom stereocenters. The zero-order chi connectivity index (χ0) is 19.4. The van der Waals surface area contributed by atoms with Crippen LogP contribution in [-0.4, -0.2) is 19.3 Å². The van der Waals surface area contributed by atoms with Crippen LogP contribution in [0.1, 0.15) is 11.3 Å². The number of hydrogen-bond donors (Lipinski definition) is 2. The normalized spacial score (nSPS) is 11.2. The Morgan fingerprint density at radius 3 is 2.56 bits per heavy atom. The molecule has 2 N–H and O–H groups in total. The molecule has 1 heterocycles. The maximum atomic E-state index is 12.4. The van der Waals surface area contributed by atoms with Crippen molar-refractivity contribution in [2.75, 3.05) is 10.0 Å². The van der Waals surface area contributed by atoms with E-state index in [1.165, 1.54) is 24.3 Å². The molecule has 1 aromatic heterocycles. The van der Waals surface area contributed by atoms with Crippen LogP contribution in [0.25, 0.3) is 0 Å². The second-order valence-corrected chi connectivity index (χ2v) is 8.72. The minimum absolute atomic E-state index is 0.0491. The van der Waals surface area contributed by atoms with Crippen molar-refractivity contribution < 1.29 is 13.2 Å². The van der Waals surface area contributed by atoms with Gasteiger partial charge in [0, 0.05) is 16.1 Å². The van der Waals surface area contributed by atoms with Gasteiger partial charge in [-0.05, 0) is 42.8 Å². The summed E-state index contributed by atoms with van der Waals surface area (Å²) in [5.74, 6) is -0.221. The summed E-state index contributed by atoms with van der Waals surface area (Å²) in [6, 6.07) is 13.3. The predicted molar refractivity (Wildman–Crippen MR) is 108 cm³/mol. The Morgan fingerprint density at radius 2 is 1.85 bits per heavy atom. The van der Waals surface area contributed by atoms with Crippen molar-refractivity contribution in [2.45, 2.75) is 18.2 Å². The van der Waals surface area contributed by atoms with E-state index in [1.807, 2.05) is 31.2 Å². The number of amides is 1. The van der Waals surface area contributed by atoms with Gasteiger partial charge in [0.05, 0.1) is 17.0 Å². The molecule has 0 aliphatic heterocycles. The fraction of sp³-hybridized carbons (Fsp3) is 0.111. The first-order valence-electron chi connectivity index (χ1n) is 7.92. The maximum Gasteiger partial charge on any atom is 0.263 e. The van der Waals surface area contributed by atoms with Gasteiger partial charge >= 0.3 is 0 Å². The number of aromatic nitrogens is 1. The van der Waals surface area contributed by atoms with Gasteiger partial charge in [0.15, 0.2) is 5.13 Å². The zero-order valence-electron chi connectivity index (χ0n) is 14.3. The number of nitrogens with zero attached hydrogens (tertiary/aromatic N) is 1. The average Bonchev–Trinajstić information content (AvgIpc) is 3.03. The molecule has 9 heteroatoms. The zero-order valence-corrected chi connectivity index (χ0v) is 16.7. The van der Waals surface area contributed by atoms with E-state index in [2.05, 4.69) is 15.0 Å². The van der Waals surface area contributed by atoms with Gasteiger partial charge in [0.1, 0.15) is 0 Å². The Balaban J connectivity index is 1.65. The summed E-state index contributed by atoms with van der Waals surface area (Å²) in [6.45, 7) is 1.90. The van der Waals surface area contributed by atoms with Crippen LogP contribution in [0, 0.1) is 6.92 Å². The number of carbonyl (C=O) groups is 1. The fourth-order valence-electron chi connectivity index (χ4n) is 2.29. The van der Waals surface area contributed by atoms with Crippen LogP contribution in [0.3, 0.4) is 0 Å². The van der Waals surface area contributed by atoms with Gasteiger partial charge in [0.25, 0.3) is 10.0 Å². The summed E-state index contributed by atoms with van der Waals surface area (Å²) in [5, 5.41) is 5.12. The molecular formula is C18H16ClN3O3S2. The smallest absolute Gasteiger partial charge is 0.263 e. The molecule has 6 nitrogen and oxygen atoms in total. The molecule has 1 amide bonds. The molecule has 0 atom stereocenters. The van der Waals surface area contributed by atoms with Crippen LogP contribution in [0.2, 0.25) is 5.02 Å². The predicted octanol–water partition coefficient (Wildman–Crippen LogP) is 4.09. The number of para-hydroxylation sites is 1. The number of thiazole rings is 1. The van der Waals surface area contributed by atoms with Crippen LogP contribution >= 0.6 is 22.9 Å². The summed E-state index contributed by atoms with van der Waals surface area (Å²) in [4.78, 5) is 16.5. The van der Waals surface area contributed by atoms with E-state index in [1.54, 1.807) is 5.38 Å². The minimum Gasteiger partial charge on any atom is -0.326 e. The standard InChI is InChI=1S/C18H16ClN3O3S2/c1-12-4-2-3-5-16(12)21-17(23)10-14-11-26-18(20-14)22-27(24,25)15-8-6-13(19)7-9-15/h2-9,11H,10H2,1H3,(H,20,22)(H,21,23).